The molecule has 110 valence electrons. The Morgan fingerprint density at radius 3 is 3.10 bits per heavy atom. The van der Waals surface area contributed by atoms with E-state index in [1.165, 1.54) is 17.8 Å². The van der Waals surface area contributed by atoms with Crippen LogP contribution < -0.4 is 5.32 Å². The van der Waals surface area contributed by atoms with Gasteiger partial charge in [-0.05, 0) is 34.7 Å². The molecule has 0 atom stereocenters. The van der Waals surface area contributed by atoms with Crippen molar-refractivity contribution in [1.82, 2.24) is 25.5 Å². The molecule has 0 bridgehead atoms. The molecule has 1 N–H and O–H groups in total. The third-order valence-corrected chi connectivity index (χ3v) is 3.80. The molecule has 0 saturated carbocycles. The molecule has 1 aromatic carbocycles. The maximum atomic E-state index is 13.2. The Hall–Kier alpha value is -1.98. The van der Waals surface area contributed by atoms with Gasteiger partial charge in [0.25, 0.3) is 0 Å². The van der Waals surface area contributed by atoms with Crippen LogP contribution in [0.1, 0.15) is 18.1 Å². The number of nitrogens with one attached hydrogen (secondary N) is 1. The third kappa shape index (κ3) is 4.24. The van der Waals surface area contributed by atoms with Gasteiger partial charge >= 0.3 is 0 Å². The van der Waals surface area contributed by atoms with Crippen LogP contribution in [0.2, 0.25) is 0 Å². The number of halogens is 1. The van der Waals surface area contributed by atoms with Crippen molar-refractivity contribution >= 4 is 11.8 Å². The highest BCUT2D eigenvalue weighted by atomic mass is 32.2. The van der Waals surface area contributed by atoms with Crippen molar-refractivity contribution < 1.29 is 4.39 Å². The van der Waals surface area contributed by atoms with Crippen LogP contribution in [0, 0.1) is 17.1 Å². The number of thioether (sulfide) groups is 1. The van der Waals surface area contributed by atoms with E-state index in [1.54, 1.807) is 16.8 Å². The van der Waals surface area contributed by atoms with Gasteiger partial charge in [-0.15, -0.1) is 5.10 Å². The Bertz CT molecular complexity index is 636. The molecule has 2 aromatic rings. The fraction of sp³-hybridized carbons (Fsp3) is 0.385. The van der Waals surface area contributed by atoms with Crippen LogP contribution >= 0.6 is 11.8 Å². The summed E-state index contributed by atoms with van der Waals surface area (Å²) in [4.78, 5) is 0. The second kappa shape index (κ2) is 7.71. The number of rotatable bonds is 7. The van der Waals surface area contributed by atoms with Gasteiger partial charge in [-0.3, -0.25) is 0 Å². The van der Waals surface area contributed by atoms with Crippen LogP contribution in [0.25, 0.3) is 0 Å². The molecule has 0 amide bonds. The zero-order valence-electron chi connectivity index (χ0n) is 11.6. The average Bonchev–Trinajstić information content (AvgIpc) is 2.94. The Balaban J connectivity index is 1.97. The Kier molecular flexibility index (Phi) is 5.66. The number of nitrogens with zero attached hydrogens (tertiary/aromatic N) is 5. The van der Waals surface area contributed by atoms with Crippen LogP contribution in [0.4, 0.5) is 4.39 Å². The Morgan fingerprint density at radius 1 is 1.48 bits per heavy atom. The maximum Gasteiger partial charge on any atom is 0.209 e. The van der Waals surface area contributed by atoms with Crippen LogP contribution in [0.15, 0.2) is 23.4 Å². The number of aromatic nitrogens is 4. The summed E-state index contributed by atoms with van der Waals surface area (Å²) in [5, 5.41) is 24.3. The van der Waals surface area contributed by atoms with Gasteiger partial charge in [0.2, 0.25) is 5.16 Å². The van der Waals surface area contributed by atoms with E-state index in [1.807, 2.05) is 13.0 Å². The van der Waals surface area contributed by atoms with E-state index < -0.39 is 5.82 Å². The monoisotopic (exact) mass is 306 g/mol. The van der Waals surface area contributed by atoms with E-state index in [0.29, 0.717) is 17.5 Å². The number of likely N-dealkylation sites (N-methyl/N-ethyl adjacent to an activating group) is 1. The zero-order chi connectivity index (χ0) is 15.1. The third-order valence-electron chi connectivity index (χ3n) is 2.77. The van der Waals surface area contributed by atoms with E-state index in [9.17, 15) is 4.39 Å². The van der Waals surface area contributed by atoms with Crippen LogP contribution in [0.3, 0.4) is 0 Å². The van der Waals surface area contributed by atoms with Crippen molar-refractivity contribution in [3.05, 3.63) is 35.1 Å². The van der Waals surface area contributed by atoms with Crippen molar-refractivity contribution in [2.24, 2.45) is 0 Å². The normalized spacial score (nSPS) is 10.5. The molecular weight excluding hydrogens is 291 g/mol. The summed E-state index contributed by atoms with van der Waals surface area (Å²) in [5.41, 5.74) is 0.916. The highest BCUT2D eigenvalue weighted by Crippen LogP contribution is 2.21. The molecule has 1 aromatic heterocycles. The second-order valence-corrected chi connectivity index (χ2v) is 5.20. The molecule has 21 heavy (non-hydrogen) atoms. The SMILES string of the molecule is CCNCCn1nnnc1SCc1ccc(F)c(C#N)c1. The van der Waals surface area contributed by atoms with Gasteiger partial charge in [-0.1, -0.05) is 24.8 Å². The van der Waals surface area contributed by atoms with Crippen molar-refractivity contribution in [2.45, 2.75) is 24.4 Å². The van der Waals surface area contributed by atoms with Crippen molar-refractivity contribution in [3.63, 3.8) is 0 Å². The van der Waals surface area contributed by atoms with Crippen LogP contribution in [-0.2, 0) is 12.3 Å². The first-order chi connectivity index (χ1) is 10.2. The lowest BCUT2D eigenvalue weighted by Crippen LogP contribution is -2.20. The minimum atomic E-state index is -0.498. The first-order valence-corrected chi connectivity index (χ1v) is 7.51. The van der Waals surface area contributed by atoms with Gasteiger partial charge < -0.3 is 5.32 Å². The molecule has 6 nitrogen and oxygen atoms in total. The van der Waals surface area contributed by atoms with Gasteiger partial charge in [0.15, 0.2) is 0 Å². The Morgan fingerprint density at radius 2 is 2.33 bits per heavy atom. The minimum absolute atomic E-state index is 0.0554. The molecule has 2 rings (SSSR count). The van der Waals surface area contributed by atoms with E-state index >= 15 is 0 Å². The molecule has 0 radical (unpaired) electrons. The molecule has 1 heterocycles. The molecule has 0 aliphatic rings. The molecule has 0 aliphatic heterocycles. The molecule has 0 unspecified atom stereocenters. The summed E-state index contributed by atoms with van der Waals surface area (Å²) in [6.45, 7) is 4.42. The van der Waals surface area contributed by atoms with Gasteiger partial charge in [-0.25, -0.2) is 9.07 Å². The number of hydrogen-bond acceptors (Lipinski definition) is 6. The molecule has 0 saturated heterocycles. The van der Waals surface area contributed by atoms with E-state index in [2.05, 4.69) is 20.8 Å². The smallest absolute Gasteiger partial charge is 0.209 e. The van der Waals surface area contributed by atoms with Gasteiger partial charge in [0.1, 0.15) is 11.9 Å². The number of tetrazole rings is 1. The first kappa shape index (κ1) is 15.4. The van der Waals surface area contributed by atoms with Crippen LogP contribution in [0.5, 0.6) is 0 Å². The van der Waals surface area contributed by atoms with Gasteiger partial charge in [0, 0.05) is 12.3 Å². The predicted octanol–water partition coefficient (Wildman–Crippen LogP) is 1.59. The summed E-state index contributed by atoms with van der Waals surface area (Å²) in [5.74, 6) is 0.0815. The fourth-order valence-corrected chi connectivity index (χ4v) is 2.54. The summed E-state index contributed by atoms with van der Waals surface area (Å²) in [7, 11) is 0. The average molecular weight is 306 g/mol. The lowest BCUT2D eigenvalue weighted by Gasteiger charge is -2.05. The Labute approximate surface area is 126 Å². The first-order valence-electron chi connectivity index (χ1n) is 6.52. The summed E-state index contributed by atoms with van der Waals surface area (Å²) in [6.07, 6.45) is 0. The van der Waals surface area contributed by atoms with Crippen molar-refractivity contribution in [1.29, 1.82) is 5.26 Å². The fourth-order valence-electron chi connectivity index (χ4n) is 1.70. The van der Waals surface area contributed by atoms with Crippen LogP contribution in [-0.4, -0.2) is 33.3 Å². The quantitative estimate of drug-likeness (QED) is 0.618. The molecule has 0 spiro atoms. The largest absolute Gasteiger partial charge is 0.315 e. The van der Waals surface area contributed by atoms with Gasteiger partial charge in [-0.2, -0.15) is 5.26 Å². The zero-order valence-corrected chi connectivity index (χ0v) is 12.4. The molecular formula is C13H15FN6S. The maximum absolute atomic E-state index is 13.2. The van der Waals surface area contributed by atoms with E-state index in [0.717, 1.165) is 18.7 Å². The number of nitriles is 1. The minimum Gasteiger partial charge on any atom is -0.315 e. The van der Waals surface area contributed by atoms with E-state index in [4.69, 9.17) is 5.26 Å². The summed E-state index contributed by atoms with van der Waals surface area (Å²) < 4.78 is 15.0. The second-order valence-electron chi connectivity index (χ2n) is 4.25. The van der Waals surface area contributed by atoms with Gasteiger partial charge in [0.05, 0.1) is 12.1 Å². The van der Waals surface area contributed by atoms with E-state index in [-0.39, 0.29) is 5.56 Å². The predicted molar refractivity (Wildman–Crippen MR) is 77.0 cm³/mol. The molecule has 8 heteroatoms. The lowest BCUT2D eigenvalue weighted by molar-refractivity contribution is 0.517. The standard InChI is InChI=1S/C13H15FN6S/c1-2-16-5-6-20-13(17-18-19-20)21-9-10-3-4-12(14)11(7-10)8-15/h3-4,7,16H,2,5-6,9H2,1H3. The summed E-state index contributed by atoms with van der Waals surface area (Å²) >= 11 is 1.46. The highest BCUT2D eigenvalue weighted by Gasteiger charge is 2.08. The van der Waals surface area contributed by atoms with Crippen molar-refractivity contribution in [3.8, 4) is 6.07 Å². The number of benzene rings is 1. The summed E-state index contributed by atoms with van der Waals surface area (Å²) in [6, 6.07) is 6.36. The topological polar surface area (TPSA) is 79.4 Å². The highest BCUT2D eigenvalue weighted by molar-refractivity contribution is 7.98. The molecule has 0 fully saturated rings. The lowest BCUT2D eigenvalue weighted by atomic mass is 10.1. The number of hydrogen-bond donors (Lipinski definition) is 1. The molecule has 0 aliphatic carbocycles. The van der Waals surface area contributed by atoms with Crippen molar-refractivity contribution in [2.75, 3.05) is 13.1 Å².